The second kappa shape index (κ2) is 9.22. The molecule has 21 heavy (non-hydrogen) atoms. The lowest BCUT2D eigenvalue weighted by molar-refractivity contribution is 0.141. The van der Waals surface area contributed by atoms with Crippen molar-refractivity contribution in [1.82, 2.24) is 10.2 Å². The fourth-order valence-electron chi connectivity index (χ4n) is 3.86. The Kier molecular flexibility index (Phi) is 7.25. The highest BCUT2D eigenvalue weighted by Gasteiger charge is 2.30. The third kappa shape index (κ3) is 4.82. The van der Waals surface area contributed by atoms with E-state index in [-0.39, 0.29) is 0 Å². The number of piperazine rings is 1. The molecule has 1 unspecified atom stereocenters. The summed E-state index contributed by atoms with van der Waals surface area (Å²) in [5.74, 6) is 0.806. The van der Waals surface area contributed by atoms with Crippen molar-refractivity contribution in [3.05, 3.63) is 36.5 Å². The minimum atomic E-state index is 0.568. The van der Waals surface area contributed by atoms with Gasteiger partial charge < -0.3 is 5.32 Å². The second-order valence-corrected chi connectivity index (χ2v) is 6.38. The minimum Gasteiger partial charge on any atom is -0.314 e. The molecule has 1 aliphatic heterocycles. The normalized spacial score (nSPS) is 24.9. The van der Waals surface area contributed by atoms with Crippen LogP contribution in [0.15, 0.2) is 36.5 Å². The van der Waals surface area contributed by atoms with Crippen molar-refractivity contribution in [2.45, 2.75) is 51.5 Å². The van der Waals surface area contributed by atoms with Crippen LogP contribution in [-0.4, -0.2) is 37.1 Å². The molecule has 1 N–H and O–H groups in total. The van der Waals surface area contributed by atoms with Gasteiger partial charge in [-0.2, -0.15) is 0 Å². The Balaban J connectivity index is 2.20. The fourth-order valence-corrected chi connectivity index (χ4v) is 3.86. The van der Waals surface area contributed by atoms with Gasteiger partial charge in [0.25, 0.3) is 0 Å². The van der Waals surface area contributed by atoms with Crippen LogP contribution in [0.3, 0.4) is 0 Å². The molecule has 1 saturated carbocycles. The van der Waals surface area contributed by atoms with E-state index in [0.29, 0.717) is 6.04 Å². The molecule has 0 aromatic carbocycles. The van der Waals surface area contributed by atoms with Crippen molar-refractivity contribution in [1.29, 1.82) is 0 Å². The number of hydrogen-bond acceptors (Lipinski definition) is 2. The first-order valence-corrected chi connectivity index (χ1v) is 8.77. The molecule has 2 heteroatoms. The van der Waals surface area contributed by atoms with E-state index in [1.807, 2.05) is 0 Å². The van der Waals surface area contributed by atoms with Gasteiger partial charge in [-0.25, -0.2) is 0 Å². The smallest absolute Gasteiger partial charge is 0.0377 e. The topological polar surface area (TPSA) is 15.3 Å². The predicted molar refractivity (Wildman–Crippen MR) is 92.5 cm³/mol. The Labute approximate surface area is 131 Å². The third-order valence-corrected chi connectivity index (χ3v) is 4.95. The number of hydrogen-bond donors (Lipinski definition) is 1. The van der Waals surface area contributed by atoms with Crippen LogP contribution < -0.4 is 5.32 Å². The van der Waals surface area contributed by atoms with Crippen molar-refractivity contribution in [3.63, 3.8) is 0 Å². The van der Waals surface area contributed by atoms with Crippen molar-refractivity contribution in [2.24, 2.45) is 5.92 Å². The summed E-state index contributed by atoms with van der Waals surface area (Å²) >= 11 is 0. The Hall–Kier alpha value is -0.860. The van der Waals surface area contributed by atoms with Gasteiger partial charge in [0.05, 0.1) is 0 Å². The summed E-state index contributed by atoms with van der Waals surface area (Å²) in [7, 11) is 0. The van der Waals surface area contributed by atoms with Gasteiger partial charge in [0, 0.05) is 32.2 Å². The zero-order valence-electron chi connectivity index (χ0n) is 13.7. The van der Waals surface area contributed by atoms with Gasteiger partial charge in [0.1, 0.15) is 0 Å². The summed E-state index contributed by atoms with van der Waals surface area (Å²) in [6.45, 7) is 10.8. The van der Waals surface area contributed by atoms with Crippen molar-refractivity contribution >= 4 is 0 Å². The molecule has 1 saturated heterocycles. The first kappa shape index (κ1) is 16.5. The highest BCUT2D eigenvalue weighted by atomic mass is 15.2. The van der Waals surface area contributed by atoms with Crippen LogP contribution in [0.4, 0.5) is 0 Å². The Morgan fingerprint density at radius 2 is 1.81 bits per heavy atom. The maximum absolute atomic E-state index is 4.10. The molecule has 2 nitrogen and oxygen atoms in total. The van der Waals surface area contributed by atoms with Crippen LogP contribution in [0.2, 0.25) is 0 Å². The summed E-state index contributed by atoms with van der Waals surface area (Å²) in [6, 6.07) is 0.568. The lowest BCUT2D eigenvalue weighted by Gasteiger charge is -2.40. The minimum absolute atomic E-state index is 0.568. The maximum Gasteiger partial charge on any atom is 0.0377 e. The van der Waals surface area contributed by atoms with E-state index in [9.17, 15) is 0 Å². The van der Waals surface area contributed by atoms with E-state index in [2.05, 4.69) is 48.0 Å². The molecule has 1 aliphatic carbocycles. The molecule has 0 radical (unpaired) electrons. The largest absolute Gasteiger partial charge is 0.314 e. The lowest BCUT2D eigenvalue weighted by Crippen LogP contribution is -2.51. The monoisotopic (exact) mass is 288 g/mol. The molecule has 0 aromatic rings. The SMILES string of the molecule is C=C/C(=C\C=C/C)C(C1CCCCCC1)N1CCNCC1. The van der Waals surface area contributed by atoms with E-state index >= 15 is 0 Å². The number of allylic oxidation sites excluding steroid dienone is 3. The average molecular weight is 288 g/mol. The van der Waals surface area contributed by atoms with Crippen molar-refractivity contribution in [2.75, 3.05) is 26.2 Å². The van der Waals surface area contributed by atoms with Crippen LogP contribution in [0.25, 0.3) is 0 Å². The molecule has 0 aromatic heterocycles. The number of nitrogens with one attached hydrogen (secondary N) is 1. The van der Waals surface area contributed by atoms with Gasteiger partial charge >= 0.3 is 0 Å². The summed E-state index contributed by atoms with van der Waals surface area (Å²) < 4.78 is 0. The first-order valence-electron chi connectivity index (χ1n) is 8.77. The van der Waals surface area contributed by atoms with Crippen LogP contribution in [0, 0.1) is 5.92 Å². The van der Waals surface area contributed by atoms with Gasteiger partial charge in [-0.15, -0.1) is 0 Å². The maximum atomic E-state index is 4.10. The standard InChI is InChI=1S/C19H32N2/c1-3-5-10-17(4-2)19(21-15-13-20-14-16-21)18-11-8-6-7-9-12-18/h3-5,10,18-20H,2,6-9,11-16H2,1H3/b5-3-,17-10+. The summed E-state index contributed by atoms with van der Waals surface area (Å²) in [5.41, 5.74) is 1.42. The molecule has 2 aliphatic rings. The first-order chi connectivity index (χ1) is 10.4. The number of nitrogens with zero attached hydrogens (tertiary/aromatic N) is 1. The Morgan fingerprint density at radius 1 is 1.14 bits per heavy atom. The fraction of sp³-hybridized carbons (Fsp3) is 0.684. The van der Waals surface area contributed by atoms with Crippen LogP contribution in [0.5, 0.6) is 0 Å². The predicted octanol–water partition coefficient (Wildman–Crippen LogP) is 3.92. The van der Waals surface area contributed by atoms with Gasteiger partial charge in [0.15, 0.2) is 0 Å². The molecule has 0 amide bonds. The van der Waals surface area contributed by atoms with E-state index in [1.54, 1.807) is 0 Å². The molecule has 0 spiro atoms. The highest BCUT2D eigenvalue weighted by Crippen LogP contribution is 2.32. The van der Waals surface area contributed by atoms with Gasteiger partial charge in [0.2, 0.25) is 0 Å². The zero-order chi connectivity index (χ0) is 14.9. The zero-order valence-corrected chi connectivity index (χ0v) is 13.7. The molecule has 1 heterocycles. The van der Waals surface area contributed by atoms with Gasteiger partial charge in [-0.1, -0.05) is 56.6 Å². The molecular weight excluding hydrogens is 256 g/mol. The van der Waals surface area contributed by atoms with Crippen molar-refractivity contribution < 1.29 is 0 Å². The Bertz CT molecular complexity index is 356. The van der Waals surface area contributed by atoms with Crippen LogP contribution in [-0.2, 0) is 0 Å². The highest BCUT2D eigenvalue weighted by molar-refractivity contribution is 5.28. The summed E-state index contributed by atoms with van der Waals surface area (Å²) in [6.07, 6.45) is 17.1. The Morgan fingerprint density at radius 3 is 2.38 bits per heavy atom. The van der Waals surface area contributed by atoms with E-state index in [0.717, 1.165) is 19.0 Å². The van der Waals surface area contributed by atoms with Gasteiger partial charge in [-0.3, -0.25) is 4.90 Å². The van der Waals surface area contributed by atoms with Crippen LogP contribution in [0.1, 0.15) is 45.4 Å². The summed E-state index contributed by atoms with van der Waals surface area (Å²) in [4.78, 5) is 2.70. The van der Waals surface area contributed by atoms with Gasteiger partial charge in [-0.05, 0) is 31.3 Å². The summed E-state index contributed by atoms with van der Waals surface area (Å²) in [5, 5.41) is 3.48. The molecule has 1 atom stereocenters. The molecule has 2 rings (SSSR count). The lowest BCUT2D eigenvalue weighted by atomic mass is 9.85. The average Bonchev–Trinajstić information content (AvgIpc) is 2.81. The van der Waals surface area contributed by atoms with E-state index < -0.39 is 0 Å². The van der Waals surface area contributed by atoms with Crippen LogP contribution >= 0.6 is 0 Å². The molecule has 2 fully saturated rings. The molecule has 0 bridgehead atoms. The van der Waals surface area contributed by atoms with E-state index in [4.69, 9.17) is 0 Å². The second-order valence-electron chi connectivity index (χ2n) is 6.38. The van der Waals surface area contributed by atoms with E-state index in [1.165, 1.54) is 57.2 Å². The number of rotatable bonds is 5. The van der Waals surface area contributed by atoms with Crippen molar-refractivity contribution in [3.8, 4) is 0 Å². The quantitative estimate of drug-likeness (QED) is 0.609. The molecular formula is C19H32N2. The molecule has 118 valence electrons. The third-order valence-electron chi connectivity index (χ3n) is 4.95.